The van der Waals surface area contributed by atoms with Crippen molar-refractivity contribution in [3.05, 3.63) is 83.9 Å². The molecule has 4 aromatic rings. The maximum Gasteiger partial charge on any atom is 0.0712 e. The minimum atomic E-state index is 0.0923. The highest BCUT2D eigenvalue weighted by molar-refractivity contribution is 6.06. The summed E-state index contributed by atoms with van der Waals surface area (Å²) < 4.78 is 2.15. The van der Waals surface area contributed by atoms with Crippen molar-refractivity contribution in [2.75, 3.05) is 20.2 Å². The number of likely N-dealkylation sites (tertiary alicyclic amines) is 1. The molecule has 0 spiro atoms. The number of rotatable bonds is 4. The summed E-state index contributed by atoms with van der Waals surface area (Å²) in [4.78, 5) is 7.51. The van der Waals surface area contributed by atoms with Crippen LogP contribution in [0.15, 0.2) is 67.1 Å². The van der Waals surface area contributed by atoms with Gasteiger partial charge >= 0.3 is 0 Å². The largest absolute Gasteiger partial charge is 0.400 e. The first-order valence-corrected chi connectivity index (χ1v) is 11.1. The molecular weight excluding hydrogens is 398 g/mol. The molecule has 0 unspecified atom stereocenters. The summed E-state index contributed by atoms with van der Waals surface area (Å²) in [6, 6.07) is 16.5. The van der Waals surface area contributed by atoms with Crippen LogP contribution in [0.2, 0.25) is 0 Å². The van der Waals surface area contributed by atoms with E-state index in [9.17, 15) is 5.11 Å². The molecule has 0 saturated carbocycles. The predicted octanol–water partition coefficient (Wildman–Crippen LogP) is 4.68. The van der Waals surface area contributed by atoms with Crippen LogP contribution < -0.4 is 0 Å². The number of nitrogens with zero attached hydrogens (tertiary/aromatic N) is 3. The topological polar surface area (TPSA) is 61.5 Å². The quantitative estimate of drug-likeness (QED) is 0.495. The second kappa shape index (κ2) is 9.98. The van der Waals surface area contributed by atoms with Crippen LogP contribution >= 0.6 is 0 Å². The second-order valence-electron chi connectivity index (χ2n) is 8.29. The fourth-order valence-electron chi connectivity index (χ4n) is 4.55. The van der Waals surface area contributed by atoms with Crippen LogP contribution in [0.4, 0.5) is 0 Å². The van der Waals surface area contributed by atoms with Gasteiger partial charge in [-0.3, -0.25) is 4.98 Å². The standard InChI is InChI=1S/C26H27N3O.CH4O/c1-28-16-23-22-4-2-3-5-25(22)27-26(24(23)17-28)21-11-14-29(15-12-21)13-10-19-6-8-20(18-30)9-7-19;1-2/h2-10,13,16-17,21,30H,11-12,14-15,18H2,1H3;2H,1H3. The molecule has 1 aliphatic heterocycles. The third-order valence-electron chi connectivity index (χ3n) is 6.22. The number of hydrogen-bond donors (Lipinski definition) is 2. The summed E-state index contributed by atoms with van der Waals surface area (Å²) in [5.41, 5.74) is 4.46. The molecule has 0 radical (unpaired) electrons. The zero-order chi connectivity index (χ0) is 22.5. The van der Waals surface area contributed by atoms with Crippen molar-refractivity contribution in [1.29, 1.82) is 0 Å². The van der Waals surface area contributed by atoms with Gasteiger partial charge in [-0.2, -0.15) is 0 Å². The van der Waals surface area contributed by atoms with Crippen molar-refractivity contribution in [2.24, 2.45) is 7.05 Å². The lowest BCUT2D eigenvalue weighted by Gasteiger charge is -2.31. The van der Waals surface area contributed by atoms with E-state index in [2.05, 4.69) is 77.6 Å². The monoisotopic (exact) mass is 429 g/mol. The molecule has 1 aliphatic rings. The van der Waals surface area contributed by atoms with Crippen LogP contribution in [0.5, 0.6) is 0 Å². The Labute approximate surface area is 189 Å². The number of benzene rings is 2. The number of para-hydroxylation sites is 1. The lowest BCUT2D eigenvalue weighted by molar-refractivity contribution is 0.282. The van der Waals surface area contributed by atoms with Gasteiger partial charge in [-0.25, -0.2) is 0 Å². The van der Waals surface area contributed by atoms with E-state index in [1.54, 1.807) is 0 Å². The van der Waals surface area contributed by atoms with E-state index in [0.29, 0.717) is 5.92 Å². The van der Waals surface area contributed by atoms with Crippen molar-refractivity contribution in [2.45, 2.75) is 25.4 Å². The number of piperidine rings is 1. The van der Waals surface area contributed by atoms with Crippen molar-refractivity contribution >= 4 is 27.8 Å². The van der Waals surface area contributed by atoms with Gasteiger partial charge in [0.15, 0.2) is 0 Å². The third-order valence-corrected chi connectivity index (χ3v) is 6.22. The van der Waals surface area contributed by atoms with Crippen molar-refractivity contribution in [1.82, 2.24) is 14.5 Å². The number of aliphatic hydroxyl groups is 2. The highest BCUT2D eigenvalue weighted by Crippen LogP contribution is 2.35. The second-order valence-corrected chi connectivity index (χ2v) is 8.29. The molecule has 3 heterocycles. The van der Waals surface area contributed by atoms with E-state index >= 15 is 0 Å². The normalized spacial score (nSPS) is 14.8. The van der Waals surface area contributed by atoms with Crippen LogP contribution in [0.25, 0.3) is 27.8 Å². The highest BCUT2D eigenvalue weighted by Gasteiger charge is 2.23. The van der Waals surface area contributed by atoms with Gasteiger partial charge in [0.2, 0.25) is 0 Å². The number of fused-ring (bicyclic) bond motifs is 3. The van der Waals surface area contributed by atoms with Crippen molar-refractivity contribution in [3.8, 4) is 0 Å². The average molecular weight is 430 g/mol. The summed E-state index contributed by atoms with van der Waals surface area (Å²) in [7, 11) is 3.10. The van der Waals surface area contributed by atoms with Gasteiger partial charge in [0.05, 0.1) is 17.8 Å². The van der Waals surface area contributed by atoms with E-state index in [0.717, 1.165) is 49.7 Å². The number of aromatic nitrogens is 2. The molecule has 0 bridgehead atoms. The molecule has 1 saturated heterocycles. The first kappa shape index (κ1) is 22.1. The van der Waals surface area contributed by atoms with Gasteiger partial charge < -0.3 is 19.7 Å². The Morgan fingerprint density at radius 1 is 0.938 bits per heavy atom. The summed E-state index contributed by atoms with van der Waals surface area (Å²) in [5.74, 6) is 0.494. The fourth-order valence-corrected chi connectivity index (χ4v) is 4.55. The molecule has 5 heteroatoms. The molecule has 5 rings (SSSR count). The molecular formula is C27H31N3O2. The minimum absolute atomic E-state index is 0.0923. The molecule has 2 aromatic carbocycles. The van der Waals surface area contributed by atoms with E-state index in [1.165, 1.54) is 21.9 Å². The van der Waals surface area contributed by atoms with E-state index in [4.69, 9.17) is 10.1 Å². The molecule has 2 aromatic heterocycles. The summed E-state index contributed by atoms with van der Waals surface area (Å²) in [6.45, 7) is 2.17. The van der Waals surface area contributed by atoms with E-state index in [-0.39, 0.29) is 6.61 Å². The van der Waals surface area contributed by atoms with Crippen molar-refractivity contribution in [3.63, 3.8) is 0 Å². The summed E-state index contributed by atoms with van der Waals surface area (Å²) in [6.07, 6.45) is 11.0. The van der Waals surface area contributed by atoms with Gasteiger partial charge in [-0.15, -0.1) is 0 Å². The number of pyridine rings is 1. The SMILES string of the molecule is CO.Cn1cc2c(C3CCN(C=Cc4ccc(CO)cc4)CC3)nc3ccccc3c2c1. The molecule has 166 valence electrons. The Kier molecular flexibility index (Phi) is 6.88. The van der Waals surface area contributed by atoms with Crippen molar-refractivity contribution < 1.29 is 10.2 Å². The Morgan fingerprint density at radius 3 is 2.34 bits per heavy atom. The van der Waals surface area contributed by atoms with Gasteiger partial charge in [0.25, 0.3) is 0 Å². The fraction of sp³-hybridized carbons (Fsp3) is 0.296. The smallest absolute Gasteiger partial charge is 0.0712 e. The molecule has 2 N–H and O–H groups in total. The van der Waals surface area contributed by atoms with Gasteiger partial charge in [-0.05, 0) is 42.3 Å². The maximum absolute atomic E-state index is 9.17. The summed E-state index contributed by atoms with van der Waals surface area (Å²) in [5, 5.41) is 20.0. The number of aliphatic hydroxyl groups excluding tert-OH is 2. The molecule has 5 nitrogen and oxygen atoms in total. The van der Waals surface area contributed by atoms with Crippen LogP contribution in [-0.4, -0.2) is 44.9 Å². The first-order valence-electron chi connectivity index (χ1n) is 11.1. The Bertz CT molecular complexity index is 1200. The van der Waals surface area contributed by atoms with Crippen LogP contribution in [0.3, 0.4) is 0 Å². The Morgan fingerprint density at radius 2 is 1.62 bits per heavy atom. The molecule has 32 heavy (non-hydrogen) atoms. The average Bonchev–Trinajstić information content (AvgIpc) is 3.26. The van der Waals surface area contributed by atoms with Crippen LogP contribution in [0.1, 0.15) is 35.6 Å². The Hall–Kier alpha value is -3.15. The highest BCUT2D eigenvalue weighted by atomic mass is 16.3. The van der Waals surface area contributed by atoms with Gasteiger partial charge in [-0.1, -0.05) is 42.5 Å². The van der Waals surface area contributed by atoms with E-state index in [1.807, 2.05) is 12.1 Å². The molecule has 0 amide bonds. The van der Waals surface area contributed by atoms with Crippen LogP contribution in [0, 0.1) is 0 Å². The first-order chi connectivity index (χ1) is 15.7. The zero-order valence-corrected chi connectivity index (χ0v) is 18.8. The Balaban J connectivity index is 0.00000119. The minimum Gasteiger partial charge on any atom is -0.400 e. The van der Waals surface area contributed by atoms with Crippen LogP contribution in [-0.2, 0) is 13.7 Å². The lowest BCUT2D eigenvalue weighted by atomic mass is 9.90. The van der Waals surface area contributed by atoms with Gasteiger partial charge in [0.1, 0.15) is 0 Å². The molecule has 1 fully saturated rings. The molecule has 0 aliphatic carbocycles. The number of hydrogen-bond acceptors (Lipinski definition) is 4. The maximum atomic E-state index is 9.17. The zero-order valence-electron chi connectivity index (χ0n) is 18.8. The number of aryl methyl sites for hydroxylation is 1. The summed E-state index contributed by atoms with van der Waals surface area (Å²) >= 11 is 0. The lowest BCUT2D eigenvalue weighted by Crippen LogP contribution is -2.28. The predicted molar refractivity (Wildman–Crippen MR) is 131 cm³/mol. The van der Waals surface area contributed by atoms with Gasteiger partial charge in [0, 0.05) is 61.7 Å². The molecule has 0 atom stereocenters. The van der Waals surface area contributed by atoms with E-state index < -0.39 is 0 Å². The third kappa shape index (κ3) is 4.54.